The summed E-state index contributed by atoms with van der Waals surface area (Å²) < 4.78 is 10.9. The fraction of sp³-hybridized carbons (Fsp3) is 0.533. The third-order valence-electron chi connectivity index (χ3n) is 3.05. The van der Waals surface area contributed by atoms with Crippen LogP contribution in [0, 0.1) is 0 Å². The molecule has 0 radical (unpaired) electrons. The molecular formula is C15H21BrO4. The lowest BCUT2D eigenvalue weighted by Gasteiger charge is -2.23. The predicted molar refractivity (Wildman–Crippen MR) is 81.8 cm³/mol. The van der Waals surface area contributed by atoms with Gasteiger partial charge in [0.15, 0.2) is 6.10 Å². The first-order chi connectivity index (χ1) is 9.63. The first-order valence-corrected chi connectivity index (χ1v) is 7.89. The van der Waals surface area contributed by atoms with Gasteiger partial charge in [0.2, 0.25) is 0 Å². The van der Waals surface area contributed by atoms with Gasteiger partial charge >= 0.3 is 5.97 Å². The number of aliphatic carboxylic acids is 1. The van der Waals surface area contributed by atoms with E-state index in [1.165, 1.54) is 0 Å². The molecule has 1 rings (SSSR count). The number of carboxylic acid groups (broad SMARTS) is 1. The molecule has 0 aliphatic heterocycles. The third-order valence-corrected chi connectivity index (χ3v) is 3.37. The van der Waals surface area contributed by atoms with E-state index in [0.717, 1.165) is 16.6 Å². The van der Waals surface area contributed by atoms with Crippen molar-refractivity contribution in [2.45, 2.75) is 32.3 Å². The standard InChI is InChI=1S/C15H21BrO4/c1-3-13(14(15(17)18)19-4-2)11-5-7-12(8-6-11)20-10-9-16/h5-8,13-14H,3-4,9-10H2,1-2H3,(H,17,18). The number of benzene rings is 1. The molecule has 20 heavy (non-hydrogen) atoms. The summed E-state index contributed by atoms with van der Waals surface area (Å²) in [6.07, 6.45) is -0.0993. The zero-order valence-electron chi connectivity index (χ0n) is 11.8. The molecule has 0 spiro atoms. The van der Waals surface area contributed by atoms with Crippen molar-refractivity contribution in [1.82, 2.24) is 0 Å². The van der Waals surface area contributed by atoms with Gasteiger partial charge in [-0.25, -0.2) is 4.79 Å². The Kier molecular flexibility index (Phi) is 7.62. The van der Waals surface area contributed by atoms with E-state index in [2.05, 4.69) is 15.9 Å². The number of rotatable bonds is 9. The maximum atomic E-state index is 11.3. The maximum Gasteiger partial charge on any atom is 0.333 e. The van der Waals surface area contributed by atoms with Crippen molar-refractivity contribution in [3.05, 3.63) is 29.8 Å². The van der Waals surface area contributed by atoms with Gasteiger partial charge in [0.05, 0.1) is 6.61 Å². The third kappa shape index (κ3) is 4.80. The molecule has 0 bridgehead atoms. The number of ether oxygens (including phenoxy) is 2. The van der Waals surface area contributed by atoms with Crippen LogP contribution in [0.4, 0.5) is 0 Å². The van der Waals surface area contributed by atoms with Crippen molar-refractivity contribution in [2.24, 2.45) is 0 Å². The Labute approximate surface area is 128 Å². The highest BCUT2D eigenvalue weighted by atomic mass is 79.9. The van der Waals surface area contributed by atoms with E-state index in [1.807, 2.05) is 31.2 Å². The van der Waals surface area contributed by atoms with E-state index in [1.54, 1.807) is 6.92 Å². The minimum Gasteiger partial charge on any atom is -0.493 e. The number of carbonyl (C=O) groups is 1. The van der Waals surface area contributed by atoms with Gasteiger partial charge in [-0.05, 0) is 31.0 Å². The Hall–Kier alpha value is -1.07. The van der Waals surface area contributed by atoms with Crippen molar-refractivity contribution in [3.8, 4) is 5.75 Å². The van der Waals surface area contributed by atoms with Crippen LogP contribution >= 0.6 is 15.9 Å². The second kappa shape index (κ2) is 8.97. The normalized spacial score (nSPS) is 13.8. The maximum absolute atomic E-state index is 11.3. The van der Waals surface area contributed by atoms with Crippen molar-refractivity contribution >= 4 is 21.9 Å². The van der Waals surface area contributed by atoms with Crippen LogP contribution in [0.15, 0.2) is 24.3 Å². The van der Waals surface area contributed by atoms with Gasteiger partial charge in [0, 0.05) is 17.9 Å². The molecule has 0 amide bonds. The molecule has 0 heterocycles. The van der Waals surface area contributed by atoms with Crippen LogP contribution in [0.1, 0.15) is 31.7 Å². The molecule has 0 aliphatic carbocycles. The molecule has 2 atom stereocenters. The quantitative estimate of drug-likeness (QED) is 0.697. The molecule has 2 unspecified atom stereocenters. The molecule has 1 aromatic carbocycles. The zero-order chi connectivity index (χ0) is 15.0. The van der Waals surface area contributed by atoms with E-state index in [0.29, 0.717) is 19.6 Å². The summed E-state index contributed by atoms with van der Waals surface area (Å²) >= 11 is 3.30. The lowest BCUT2D eigenvalue weighted by molar-refractivity contribution is -0.151. The molecular weight excluding hydrogens is 324 g/mol. The molecule has 1 N–H and O–H groups in total. The van der Waals surface area contributed by atoms with Gasteiger partial charge in [-0.2, -0.15) is 0 Å². The van der Waals surface area contributed by atoms with Crippen molar-refractivity contribution < 1.29 is 19.4 Å². The van der Waals surface area contributed by atoms with Crippen LogP contribution in [-0.4, -0.2) is 35.7 Å². The van der Waals surface area contributed by atoms with Crippen LogP contribution in [-0.2, 0) is 9.53 Å². The van der Waals surface area contributed by atoms with Gasteiger partial charge < -0.3 is 14.6 Å². The number of hydrogen-bond acceptors (Lipinski definition) is 3. The first kappa shape index (κ1) is 17.0. The van der Waals surface area contributed by atoms with Crippen LogP contribution < -0.4 is 4.74 Å². The summed E-state index contributed by atoms with van der Waals surface area (Å²) in [5, 5.41) is 10.1. The van der Waals surface area contributed by atoms with Crippen molar-refractivity contribution in [2.75, 3.05) is 18.5 Å². The lowest BCUT2D eigenvalue weighted by atomic mass is 9.91. The SMILES string of the molecule is CCOC(C(=O)O)C(CC)c1ccc(OCCBr)cc1. The summed E-state index contributed by atoms with van der Waals surface area (Å²) in [5.74, 6) is -0.290. The van der Waals surface area contributed by atoms with Crippen LogP contribution in [0.25, 0.3) is 0 Å². The summed E-state index contributed by atoms with van der Waals surface area (Å²) in [4.78, 5) is 11.3. The largest absolute Gasteiger partial charge is 0.493 e. The van der Waals surface area contributed by atoms with Gasteiger partial charge in [-0.3, -0.25) is 0 Å². The Morgan fingerprint density at radius 2 is 1.95 bits per heavy atom. The van der Waals surface area contributed by atoms with Gasteiger partial charge in [0.25, 0.3) is 0 Å². The first-order valence-electron chi connectivity index (χ1n) is 6.77. The molecule has 0 saturated carbocycles. The topological polar surface area (TPSA) is 55.8 Å². The van der Waals surface area contributed by atoms with E-state index in [9.17, 15) is 9.90 Å². The van der Waals surface area contributed by atoms with Crippen molar-refractivity contribution in [3.63, 3.8) is 0 Å². The molecule has 4 nitrogen and oxygen atoms in total. The van der Waals surface area contributed by atoms with Gasteiger partial charge in [-0.15, -0.1) is 0 Å². The molecule has 112 valence electrons. The Bertz CT molecular complexity index is 405. The minimum atomic E-state index is -0.918. The van der Waals surface area contributed by atoms with Crippen LogP contribution in [0.5, 0.6) is 5.75 Å². The summed E-state index contributed by atoms with van der Waals surface area (Å²) in [6, 6.07) is 7.55. The van der Waals surface area contributed by atoms with E-state index in [4.69, 9.17) is 9.47 Å². The fourth-order valence-electron chi connectivity index (χ4n) is 2.13. The Morgan fingerprint density at radius 3 is 2.40 bits per heavy atom. The number of halogens is 1. The number of alkyl halides is 1. The monoisotopic (exact) mass is 344 g/mol. The van der Waals surface area contributed by atoms with E-state index in [-0.39, 0.29) is 5.92 Å². The van der Waals surface area contributed by atoms with Crippen LogP contribution in [0.2, 0.25) is 0 Å². The molecule has 0 saturated heterocycles. The van der Waals surface area contributed by atoms with Crippen LogP contribution in [0.3, 0.4) is 0 Å². The molecule has 1 aromatic rings. The average Bonchev–Trinajstić information content (AvgIpc) is 2.46. The molecule has 0 aliphatic rings. The second-order valence-corrected chi connectivity index (χ2v) is 5.13. The number of hydrogen-bond donors (Lipinski definition) is 1. The highest BCUT2D eigenvalue weighted by Crippen LogP contribution is 2.27. The highest BCUT2D eigenvalue weighted by Gasteiger charge is 2.28. The minimum absolute atomic E-state index is 0.155. The van der Waals surface area contributed by atoms with Gasteiger partial charge in [0.1, 0.15) is 5.75 Å². The molecule has 0 fully saturated rings. The predicted octanol–water partition coefficient (Wildman–Crippen LogP) is 3.44. The molecule has 0 aromatic heterocycles. The summed E-state index contributed by atoms with van der Waals surface area (Å²) in [5.41, 5.74) is 0.958. The van der Waals surface area contributed by atoms with E-state index < -0.39 is 12.1 Å². The van der Waals surface area contributed by atoms with E-state index >= 15 is 0 Å². The lowest BCUT2D eigenvalue weighted by Crippen LogP contribution is -2.30. The average molecular weight is 345 g/mol. The number of carboxylic acids is 1. The second-order valence-electron chi connectivity index (χ2n) is 4.34. The molecule has 5 heteroatoms. The highest BCUT2D eigenvalue weighted by molar-refractivity contribution is 9.09. The van der Waals surface area contributed by atoms with Crippen molar-refractivity contribution in [1.29, 1.82) is 0 Å². The Balaban J connectivity index is 2.85. The summed E-state index contributed by atoms with van der Waals surface area (Å²) in [6.45, 7) is 4.77. The Morgan fingerprint density at radius 1 is 1.30 bits per heavy atom. The summed E-state index contributed by atoms with van der Waals surface area (Å²) in [7, 11) is 0. The zero-order valence-corrected chi connectivity index (χ0v) is 13.4. The fourth-order valence-corrected chi connectivity index (χ4v) is 2.29. The van der Waals surface area contributed by atoms with Gasteiger partial charge in [-0.1, -0.05) is 35.0 Å². The smallest absolute Gasteiger partial charge is 0.333 e.